The first-order valence-electron chi connectivity index (χ1n) is 8.93. The lowest BCUT2D eigenvalue weighted by molar-refractivity contribution is 0.480. The number of aryl methyl sites for hydroxylation is 2. The van der Waals surface area contributed by atoms with E-state index >= 15 is 0 Å². The second kappa shape index (κ2) is 5.99. The molecule has 5 heteroatoms. The fourth-order valence-corrected chi connectivity index (χ4v) is 3.72. The van der Waals surface area contributed by atoms with Crippen LogP contribution < -0.4 is 0 Å². The van der Waals surface area contributed by atoms with Crippen LogP contribution in [0.25, 0.3) is 27.9 Å². The van der Waals surface area contributed by atoms with Crippen molar-refractivity contribution in [3.05, 3.63) is 48.0 Å². The molecule has 0 spiro atoms. The van der Waals surface area contributed by atoms with E-state index < -0.39 is 0 Å². The fraction of sp³-hybridized carbons (Fsp3) is 0.350. The van der Waals surface area contributed by atoms with Crippen molar-refractivity contribution >= 4 is 16.7 Å². The molecule has 0 N–H and O–H groups in total. The van der Waals surface area contributed by atoms with Crippen molar-refractivity contribution in [2.75, 3.05) is 0 Å². The van der Waals surface area contributed by atoms with E-state index in [1.807, 2.05) is 35.8 Å². The normalized spacial score (nSPS) is 11.9. The zero-order chi connectivity index (χ0) is 17.6. The molecule has 0 aliphatic carbocycles. The summed E-state index contributed by atoms with van der Waals surface area (Å²) in [6, 6.07) is 8.58. The molecule has 4 aromatic heterocycles. The van der Waals surface area contributed by atoms with Gasteiger partial charge in [-0.05, 0) is 44.9 Å². The highest BCUT2D eigenvalue weighted by atomic mass is 15.3. The molecule has 0 saturated carbocycles. The van der Waals surface area contributed by atoms with Crippen LogP contribution >= 0.6 is 0 Å². The van der Waals surface area contributed by atoms with E-state index in [4.69, 9.17) is 10.1 Å². The zero-order valence-corrected chi connectivity index (χ0v) is 15.2. The van der Waals surface area contributed by atoms with Gasteiger partial charge in [0.25, 0.3) is 0 Å². The molecule has 0 fully saturated rings. The van der Waals surface area contributed by atoms with Crippen LogP contribution in [0.3, 0.4) is 0 Å². The van der Waals surface area contributed by atoms with Crippen LogP contribution in [0.15, 0.2) is 36.7 Å². The Labute approximate surface area is 147 Å². The summed E-state index contributed by atoms with van der Waals surface area (Å²) in [5, 5.41) is 6.00. The number of nitrogens with zero attached hydrogens (tertiary/aromatic N) is 5. The van der Waals surface area contributed by atoms with Gasteiger partial charge >= 0.3 is 0 Å². The molecule has 0 unspecified atom stereocenters. The van der Waals surface area contributed by atoms with Crippen molar-refractivity contribution in [3.8, 4) is 11.3 Å². The summed E-state index contributed by atoms with van der Waals surface area (Å²) in [4.78, 5) is 9.39. The van der Waals surface area contributed by atoms with Crippen LogP contribution in [0.5, 0.6) is 0 Å². The minimum atomic E-state index is 0.463. The molecule has 0 saturated heterocycles. The molecule has 25 heavy (non-hydrogen) atoms. The lowest BCUT2D eigenvalue weighted by Crippen LogP contribution is -2.09. The Morgan fingerprint density at radius 3 is 2.52 bits per heavy atom. The summed E-state index contributed by atoms with van der Waals surface area (Å²) in [6.07, 6.45) is 6.18. The number of hydrogen-bond acceptors (Lipinski definition) is 3. The number of aromatic nitrogens is 5. The van der Waals surface area contributed by atoms with Crippen LogP contribution in [0.2, 0.25) is 0 Å². The first-order valence-corrected chi connectivity index (χ1v) is 8.93. The molecule has 128 valence electrons. The number of hydrogen-bond donors (Lipinski definition) is 0. The maximum atomic E-state index is 4.87. The monoisotopic (exact) mass is 333 g/mol. The molecule has 0 aliphatic rings. The summed E-state index contributed by atoms with van der Waals surface area (Å²) in [7, 11) is 0. The van der Waals surface area contributed by atoms with Crippen LogP contribution in [0.4, 0.5) is 0 Å². The van der Waals surface area contributed by atoms with Crippen LogP contribution in [0.1, 0.15) is 44.1 Å². The van der Waals surface area contributed by atoms with Gasteiger partial charge < -0.3 is 4.57 Å². The van der Waals surface area contributed by atoms with Gasteiger partial charge in [0, 0.05) is 23.8 Å². The standard InChI is InChI=1S/C20H23N5/c1-5-15(6-2)24-12-10-16-13(3)22-19-18(17-9-7-8-11-21-17)14(4)23-25(19)20(16)24/h7-12,15H,5-6H2,1-4H3. The molecule has 0 atom stereocenters. The Bertz CT molecular complexity index is 1040. The minimum Gasteiger partial charge on any atom is -0.329 e. The number of rotatable bonds is 4. The average molecular weight is 333 g/mol. The van der Waals surface area contributed by atoms with E-state index in [0.717, 1.165) is 52.2 Å². The third kappa shape index (κ3) is 2.34. The fourth-order valence-electron chi connectivity index (χ4n) is 3.72. The van der Waals surface area contributed by atoms with Crippen LogP contribution in [-0.2, 0) is 0 Å². The van der Waals surface area contributed by atoms with Gasteiger partial charge in [0.2, 0.25) is 0 Å². The van der Waals surface area contributed by atoms with Crippen molar-refractivity contribution < 1.29 is 0 Å². The quantitative estimate of drug-likeness (QED) is 0.543. The maximum Gasteiger partial charge on any atom is 0.167 e. The van der Waals surface area contributed by atoms with Gasteiger partial charge in [-0.3, -0.25) is 4.98 Å². The van der Waals surface area contributed by atoms with Crippen molar-refractivity contribution in [3.63, 3.8) is 0 Å². The maximum absolute atomic E-state index is 4.87. The summed E-state index contributed by atoms with van der Waals surface area (Å²) in [6.45, 7) is 8.58. The van der Waals surface area contributed by atoms with Gasteiger partial charge in [-0.2, -0.15) is 9.61 Å². The van der Waals surface area contributed by atoms with Gasteiger partial charge in [-0.15, -0.1) is 0 Å². The predicted octanol–water partition coefficient (Wildman–Crippen LogP) is 4.72. The van der Waals surface area contributed by atoms with Crippen molar-refractivity contribution in [2.45, 2.75) is 46.6 Å². The molecule has 0 amide bonds. The summed E-state index contributed by atoms with van der Waals surface area (Å²) in [5.41, 5.74) is 5.93. The highest BCUT2D eigenvalue weighted by Gasteiger charge is 2.20. The lowest BCUT2D eigenvalue weighted by Gasteiger charge is -2.17. The topological polar surface area (TPSA) is 48.0 Å². The van der Waals surface area contributed by atoms with E-state index in [1.165, 1.54) is 0 Å². The molecular weight excluding hydrogens is 310 g/mol. The Morgan fingerprint density at radius 2 is 1.84 bits per heavy atom. The summed E-state index contributed by atoms with van der Waals surface area (Å²) < 4.78 is 4.35. The Kier molecular flexibility index (Phi) is 3.79. The Balaban J connectivity index is 2.10. The number of fused-ring (bicyclic) bond motifs is 3. The van der Waals surface area contributed by atoms with Crippen molar-refractivity contribution in [2.24, 2.45) is 0 Å². The van der Waals surface area contributed by atoms with Gasteiger partial charge in [-0.1, -0.05) is 19.9 Å². The minimum absolute atomic E-state index is 0.463. The molecular formula is C20H23N5. The largest absolute Gasteiger partial charge is 0.329 e. The van der Waals surface area contributed by atoms with Gasteiger partial charge in [0.05, 0.1) is 22.6 Å². The van der Waals surface area contributed by atoms with E-state index in [-0.39, 0.29) is 0 Å². The molecule has 0 radical (unpaired) electrons. The van der Waals surface area contributed by atoms with Crippen molar-refractivity contribution in [1.82, 2.24) is 24.1 Å². The molecule has 4 aromatic rings. The number of pyridine rings is 1. The molecule has 0 aliphatic heterocycles. The Morgan fingerprint density at radius 1 is 1.04 bits per heavy atom. The summed E-state index contributed by atoms with van der Waals surface area (Å²) >= 11 is 0. The molecule has 5 nitrogen and oxygen atoms in total. The third-order valence-corrected chi connectivity index (χ3v) is 5.04. The average Bonchev–Trinajstić information content (AvgIpc) is 3.19. The molecule has 4 rings (SSSR count). The van der Waals surface area contributed by atoms with E-state index in [9.17, 15) is 0 Å². The second-order valence-corrected chi connectivity index (χ2v) is 6.54. The molecule has 0 aromatic carbocycles. The smallest absolute Gasteiger partial charge is 0.167 e. The van der Waals surface area contributed by atoms with Crippen LogP contribution in [0, 0.1) is 13.8 Å². The zero-order valence-electron chi connectivity index (χ0n) is 15.2. The van der Waals surface area contributed by atoms with Gasteiger partial charge in [0.1, 0.15) is 5.65 Å². The van der Waals surface area contributed by atoms with Crippen molar-refractivity contribution in [1.29, 1.82) is 0 Å². The van der Waals surface area contributed by atoms with Gasteiger partial charge in [0.15, 0.2) is 5.65 Å². The SMILES string of the molecule is CCC(CC)n1ccc2c(C)nc3c(-c4ccccn4)c(C)nn3c21. The third-order valence-electron chi connectivity index (χ3n) is 5.04. The highest BCUT2D eigenvalue weighted by Crippen LogP contribution is 2.31. The Hall–Kier alpha value is -2.69. The van der Waals surface area contributed by atoms with E-state index in [0.29, 0.717) is 6.04 Å². The van der Waals surface area contributed by atoms with E-state index in [1.54, 1.807) is 0 Å². The molecule has 4 heterocycles. The van der Waals surface area contributed by atoms with E-state index in [2.05, 4.69) is 42.6 Å². The first-order chi connectivity index (χ1) is 12.2. The van der Waals surface area contributed by atoms with Gasteiger partial charge in [-0.25, -0.2) is 4.98 Å². The predicted molar refractivity (Wildman–Crippen MR) is 101 cm³/mol. The molecule has 0 bridgehead atoms. The second-order valence-electron chi connectivity index (χ2n) is 6.54. The highest BCUT2D eigenvalue weighted by molar-refractivity contribution is 5.86. The van der Waals surface area contributed by atoms with Crippen LogP contribution in [-0.4, -0.2) is 24.1 Å². The lowest BCUT2D eigenvalue weighted by atomic mass is 10.1. The first kappa shape index (κ1) is 15.8. The summed E-state index contributed by atoms with van der Waals surface area (Å²) in [5.74, 6) is 0.